The highest BCUT2D eigenvalue weighted by atomic mass is 16.5. The molecule has 0 unspecified atom stereocenters. The van der Waals surface area contributed by atoms with E-state index in [9.17, 15) is 0 Å². The molecule has 0 aliphatic rings. The summed E-state index contributed by atoms with van der Waals surface area (Å²) in [7, 11) is 0. The summed E-state index contributed by atoms with van der Waals surface area (Å²) in [6, 6.07) is 9.95. The van der Waals surface area contributed by atoms with Crippen molar-refractivity contribution in [3.8, 4) is 22.9 Å². The largest absolute Gasteiger partial charge is 0.494 e. The van der Waals surface area contributed by atoms with Crippen molar-refractivity contribution >= 4 is 0 Å². The molecular formula is C15H14N2O. The number of hydrogen-bond acceptors (Lipinski definition) is 3. The van der Waals surface area contributed by atoms with Gasteiger partial charge in [0.05, 0.1) is 12.2 Å². The van der Waals surface area contributed by atoms with Gasteiger partial charge in [-0.05, 0) is 43.2 Å². The van der Waals surface area contributed by atoms with Gasteiger partial charge in [-0.1, -0.05) is 6.07 Å². The lowest BCUT2D eigenvalue weighted by Gasteiger charge is -2.09. The number of ether oxygens (including phenoxy) is 1. The van der Waals surface area contributed by atoms with Gasteiger partial charge in [0.25, 0.3) is 0 Å². The minimum absolute atomic E-state index is 0.584. The summed E-state index contributed by atoms with van der Waals surface area (Å²) in [6.45, 7) is 4.62. The molecule has 0 radical (unpaired) electrons. The lowest BCUT2D eigenvalue weighted by atomic mass is 10.0. The second-order valence-corrected chi connectivity index (χ2v) is 3.95. The second-order valence-electron chi connectivity index (χ2n) is 3.95. The van der Waals surface area contributed by atoms with E-state index in [-0.39, 0.29) is 0 Å². The van der Waals surface area contributed by atoms with Crippen LogP contribution in [0.3, 0.4) is 0 Å². The normalized spacial score (nSPS) is 9.83. The van der Waals surface area contributed by atoms with Crippen molar-refractivity contribution in [2.24, 2.45) is 0 Å². The molecule has 0 aliphatic heterocycles. The Balaban J connectivity index is 2.46. The Bertz CT molecular complexity index is 600. The fourth-order valence-electron chi connectivity index (χ4n) is 1.87. The fraction of sp³-hybridized carbons (Fsp3) is 0.200. The van der Waals surface area contributed by atoms with Gasteiger partial charge < -0.3 is 4.74 Å². The number of hydrogen-bond donors (Lipinski definition) is 0. The van der Waals surface area contributed by atoms with Crippen LogP contribution in [-0.2, 0) is 0 Å². The van der Waals surface area contributed by atoms with Crippen molar-refractivity contribution in [2.75, 3.05) is 6.61 Å². The minimum Gasteiger partial charge on any atom is -0.494 e. The van der Waals surface area contributed by atoms with Crippen LogP contribution in [0.5, 0.6) is 5.75 Å². The summed E-state index contributed by atoms with van der Waals surface area (Å²) in [4.78, 5) is 3.96. The molecule has 2 aromatic rings. The van der Waals surface area contributed by atoms with E-state index in [2.05, 4.69) is 11.1 Å². The van der Waals surface area contributed by atoms with E-state index >= 15 is 0 Å². The minimum atomic E-state index is 0.584. The van der Waals surface area contributed by atoms with Crippen molar-refractivity contribution < 1.29 is 4.74 Å². The summed E-state index contributed by atoms with van der Waals surface area (Å²) in [5, 5.41) is 9.07. The zero-order valence-electron chi connectivity index (χ0n) is 10.5. The first-order chi connectivity index (χ1) is 8.76. The topological polar surface area (TPSA) is 45.9 Å². The first kappa shape index (κ1) is 12.1. The van der Waals surface area contributed by atoms with Gasteiger partial charge in [0.15, 0.2) is 0 Å². The Morgan fingerprint density at radius 2 is 2.17 bits per heavy atom. The van der Waals surface area contributed by atoms with Crippen LogP contribution in [-0.4, -0.2) is 11.6 Å². The van der Waals surface area contributed by atoms with Gasteiger partial charge in [0.2, 0.25) is 0 Å². The van der Waals surface area contributed by atoms with Gasteiger partial charge in [-0.2, -0.15) is 5.26 Å². The van der Waals surface area contributed by atoms with Gasteiger partial charge in [-0.25, -0.2) is 0 Å². The Morgan fingerprint density at radius 1 is 1.33 bits per heavy atom. The lowest BCUT2D eigenvalue weighted by Crippen LogP contribution is -1.94. The number of nitriles is 1. The predicted octanol–water partition coefficient (Wildman–Crippen LogP) is 3.33. The zero-order chi connectivity index (χ0) is 13.0. The monoisotopic (exact) mass is 238 g/mol. The van der Waals surface area contributed by atoms with Crippen molar-refractivity contribution in [1.29, 1.82) is 5.26 Å². The predicted molar refractivity (Wildman–Crippen MR) is 70.3 cm³/mol. The van der Waals surface area contributed by atoms with Crippen LogP contribution in [0.15, 0.2) is 36.7 Å². The highest BCUT2D eigenvalue weighted by Crippen LogP contribution is 2.27. The molecular weight excluding hydrogens is 224 g/mol. The first-order valence-corrected chi connectivity index (χ1v) is 5.84. The molecule has 3 heteroatoms. The van der Waals surface area contributed by atoms with Crippen LogP contribution in [0.2, 0.25) is 0 Å². The van der Waals surface area contributed by atoms with Gasteiger partial charge >= 0.3 is 0 Å². The van der Waals surface area contributed by atoms with E-state index in [0.717, 1.165) is 22.4 Å². The summed E-state index contributed by atoms with van der Waals surface area (Å²) in [5.74, 6) is 0.883. The summed E-state index contributed by atoms with van der Waals surface area (Å²) < 4.78 is 5.51. The Hall–Kier alpha value is -2.34. The molecule has 0 spiro atoms. The molecule has 0 saturated heterocycles. The first-order valence-electron chi connectivity index (χ1n) is 5.84. The molecule has 0 atom stereocenters. The molecule has 1 heterocycles. The SMILES string of the molecule is CCOc1ccc(-c2ccncc2C#N)cc1C. The van der Waals surface area contributed by atoms with Crippen LogP contribution in [0.25, 0.3) is 11.1 Å². The molecule has 3 nitrogen and oxygen atoms in total. The van der Waals surface area contributed by atoms with E-state index in [4.69, 9.17) is 10.00 Å². The molecule has 0 aliphatic carbocycles. The molecule has 1 aromatic carbocycles. The van der Waals surface area contributed by atoms with Crippen molar-refractivity contribution in [3.05, 3.63) is 47.8 Å². The molecule has 0 saturated carbocycles. The van der Waals surface area contributed by atoms with Gasteiger partial charge in [0, 0.05) is 18.0 Å². The molecule has 90 valence electrons. The van der Waals surface area contributed by atoms with Crippen LogP contribution >= 0.6 is 0 Å². The highest BCUT2D eigenvalue weighted by Gasteiger charge is 2.07. The Morgan fingerprint density at radius 3 is 2.83 bits per heavy atom. The molecule has 0 bridgehead atoms. The average molecular weight is 238 g/mol. The standard InChI is InChI=1S/C15H14N2O/c1-3-18-15-5-4-12(8-11(15)2)14-6-7-17-10-13(14)9-16/h4-8,10H,3H2,1-2H3. The summed E-state index contributed by atoms with van der Waals surface area (Å²) in [5.41, 5.74) is 3.56. The van der Waals surface area contributed by atoms with Crippen LogP contribution < -0.4 is 4.74 Å². The quantitative estimate of drug-likeness (QED) is 0.824. The van der Waals surface area contributed by atoms with Gasteiger partial charge in [-0.15, -0.1) is 0 Å². The van der Waals surface area contributed by atoms with Crippen LogP contribution in [0.4, 0.5) is 0 Å². The lowest BCUT2D eigenvalue weighted by molar-refractivity contribution is 0.338. The third-order valence-corrected chi connectivity index (χ3v) is 2.73. The Kier molecular flexibility index (Phi) is 3.59. The maximum Gasteiger partial charge on any atom is 0.122 e. The fourth-order valence-corrected chi connectivity index (χ4v) is 1.87. The molecule has 0 N–H and O–H groups in total. The van der Waals surface area contributed by atoms with E-state index < -0.39 is 0 Å². The highest BCUT2D eigenvalue weighted by molar-refractivity contribution is 5.71. The summed E-state index contributed by atoms with van der Waals surface area (Å²) in [6.07, 6.45) is 3.28. The van der Waals surface area contributed by atoms with E-state index in [1.54, 1.807) is 12.4 Å². The van der Waals surface area contributed by atoms with Crippen LogP contribution in [0, 0.1) is 18.3 Å². The zero-order valence-corrected chi connectivity index (χ0v) is 10.5. The molecule has 0 fully saturated rings. The smallest absolute Gasteiger partial charge is 0.122 e. The average Bonchev–Trinajstić information content (AvgIpc) is 2.41. The van der Waals surface area contributed by atoms with E-state index in [1.807, 2.05) is 38.1 Å². The van der Waals surface area contributed by atoms with Crippen molar-refractivity contribution in [2.45, 2.75) is 13.8 Å². The molecule has 18 heavy (non-hydrogen) atoms. The maximum absolute atomic E-state index is 9.07. The third kappa shape index (κ3) is 2.33. The number of pyridine rings is 1. The second kappa shape index (κ2) is 5.33. The third-order valence-electron chi connectivity index (χ3n) is 2.73. The Labute approximate surface area is 107 Å². The summed E-state index contributed by atoms with van der Waals surface area (Å²) >= 11 is 0. The van der Waals surface area contributed by atoms with E-state index in [0.29, 0.717) is 12.2 Å². The van der Waals surface area contributed by atoms with Crippen molar-refractivity contribution in [3.63, 3.8) is 0 Å². The maximum atomic E-state index is 9.07. The van der Waals surface area contributed by atoms with Gasteiger partial charge in [-0.3, -0.25) is 4.98 Å². The molecule has 2 rings (SSSR count). The van der Waals surface area contributed by atoms with E-state index in [1.165, 1.54) is 0 Å². The van der Waals surface area contributed by atoms with Crippen LogP contribution in [0.1, 0.15) is 18.1 Å². The number of aryl methyl sites for hydroxylation is 1. The number of rotatable bonds is 3. The number of aromatic nitrogens is 1. The van der Waals surface area contributed by atoms with Crippen molar-refractivity contribution in [1.82, 2.24) is 4.98 Å². The van der Waals surface area contributed by atoms with Gasteiger partial charge in [0.1, 0.15) is 11.8 Å². The number of nitrogens with zero attached hydrogens (tertiary/aromatic N) is 2. The number of benzene rings is 1. The molecule has 1 aromatic heterocycles. The molecule has 0 amide bonds.